The summed E-state index contributed by atoms with van der Waals surface area (Å²) in [5.74, 6) is 2.91. The average Bonchev–Trinajstić information content (AvgIpc) is 2.85. The second kappa shape index (κ2) is 5.33. The molecule has 0 amide bonds. The van der Waals surface area contributed by atoms with Crippen molar-refractivity contribution in [2.45, 2.75) is 84.3 Å². The van der Waals surface area contributed by atoms with Crippen molar-refractivity contribution in [2.24, 2.45) is 34.5 Å². The van der Waals surface area contributed by atoms with Crippen LogP contribution in [0.5, 0.6) is 0 Å². The molecule has 0 radical (unpaired) electrons. The monoisotopic (exact) mass is 318 g/mol. The molecule has 23 heavy (non-hydrogen) atoms. The largest absolute Gasteiger partial charge is 0.393 e. The average molecular weight is 319 g/mol. The van der Waals surface area contributed by atoms with Crippen LogP contribution in [0.15, 0.2) is 11.6 Å². The van der Waals surface area contributed by atoms with Gasteiger partial charge < -0.3 is 10.2 Å². The summed E-state index contributed by atoms with van der Waals surface area (Å²) in [5.41, 5.74) is 2.25. The normalized spacial score (nSPS) is 53.8. The molecule has 0 heterocycles. The first-order chi connectivity index (χ1) is 10.9. The Morgan fingerprint density at radius 3 is 2.61 bits per heavy atom. The van der Waals surface area contributed by atoms with E-state index in [9.17, 15) is 10.2 Å². The van der Waals surface area contributed by atoms with Crippen molar-refractivity contribution in [2.75, 3.05) is 0 Å². The van der Waals surface area contributed by atoms with Gasteiger partial charge in [0, 0.05) is 0 Å². The number of aliphatic hydroxyl groups excluding tert-OH is 2. The summed E-state index contributed by atoms with van der Waals surface area (Å²) in [5, 5.41) is 20.4. The molecule has 0 spiro atoms. The molecule has 8 atom stereocenters. The number of hydrogen-bond acceptors (Lipinski definition) is 2. The lowest BCUT2D eigenvalue weighted by atomic mass is 9.47. The molecule has 0 saturated heterocycles. The van der Waals surface area contributed by atoms with E-state index in [0.29, 0.717) is 16.7 Å². The standard InChI is InChI=1S/C21H34O2/c1-13(22)17-6-7-18-16-5-4-14-12-15(23)8-10-20(14,2)19(16)9-11-21(17,18)3/h4,13,15-19,22-23H,5-12H2,1-3H3/t13-,15?,16-,17+,18-,19-,20-,21+/m0/s1. The van der Waals surface area contributed by atoms with E-state index in [4.69, 9.17) is 0 Å². The summed E-state index contributed by atoms with van der Waals surface area (Å²) in [6.45, 7) is 6.98. The number of hydrogen-bond donors (Lipinski definition) is 2. The molecule has 4 aliphatic carbocycles. The zero-order chi connectivity index (χ0) is 16.4. The molecule has 0 aromatic rings. The molecule has 4 aliphatic rings. The predicted octanol–water partition coefficient (Wildman–Crippen LogP) is 4.31. The van der Waals surface area contributed by atoms with Gasteiger partial charge in [-0.2, -0.15) is 0 Å². The minimum Gasteiger partial charge on any atom is -0.393 e. The van der Waals surface area contributed by atoms with Crippen molar-refractivity contribution in [1.29, 1.82) is 0 Å². The molecule has 0 aromatic carbocycles. The number of rotatable bonds is 1. The molecule has 1 unspecified atom stereocenters. The van der Waals surface area contributed by atoms with Gasteiger partial charge in [-0.1, -0.05) is 25.5 Å². The van der Waals surface area contributed by atoms with Crippen molar-refractivity contribution >= 4 is 0 Å². The fraction of sp³-hybridized carbons (Fsp3) is 0.905. The first-order valence-corrected chi connectivity index (χ1v) is 9.92. The SMILES string of the molecule is C[C@H](O)[C@H]1CC[C@H]2[C@@H]3CC=C4CC(O)CC[C@]4(C)[C@H]3CC[C@]12C. The molecule has 3 saturated carbocycles. The zero-order valence-electron chi connectivity index (χ0n) is 15.1. The Bertz CT molecular complexity index is 510. The number of allylic oxidation sites excluding steroid dienone is 1. The molecular formula is C21H34O2. The Kier molecular flexibility index (Phi) is 3.74. The lowest BCUT2D eigenvalue weighted by molar-refractivity contribution is -0.0675. The van der Waals surface area contributed by atoms with E-state index in [-0.39, 0.29) is 12.2 Å². The Hall–Kier alpha value is -0.340. The first-order valence-electron chi connectivity index (χ1n) is 9.92. The van der Waals surface area contributed by atoms with Crippen LogP contribution in [0.25, 0.3) is 0 Å². The van der Waals surface area contributed by atoms with Crippen molar-refractivity contribution in [1.82, 2.24) is 0 Å². The fourth-order valence-corrected chi connectivity index (χ4v) is 7.47. The second-order valence-electron chi connectivity index (χ2n) is 9.62. The molecule has 0 aliphatic heterocycles. The molecule has 2 nitrogen and oxygen atoms in total. The highest BCUT2D eigenvalue weighted by Gasteiger charge is 2.59. The lowest BCUT2D eigenvalue weighted by Crippen LogP contribution is -2.51. The van der Waals surface area contributed by atoms with E-state index in [2.05, 4.69) is 19.9 Å². The van der Waals surface area contributed by atoms with Gasteiger partial charge in [0.15, 0.2) is 0 Å². The van der Waals surface area contributed by atoms with Crippen LogP contribution < -0.4 is 0 Å². The molecule has 2 heteroatoms. The van der Waals surface area contributed by atoms with E-state index >= 15 is 0 Å². The van der Waals surface area contributed by atoms with Crippen LogP contribution in [0.2, 0.25) is 0 Å². The van der Waals surface area contributed by atoms with Gasteiger partial charge in [0.05, 0.1) is 12.2 Å². The topological polar surface area (TPSA) is 40.5 Å². The summed E-state index contributed by atoms with van der Waals surface area (Å²) in [6.07, 6.45) is 11.7. The summed E-state index contributed by atoms with van der Waals surface area (Å²) in [7, 11) is 0. The highest BCUT2D eigenvalue weighted by Crippen LogP contribution is 2.66. The van der Waals surface area contributed by atoms with Crippen LogP contribution in [-0.2, 0) is 0 Å². The van der Waals surface area contributed by atoms with Crippen LogP contribution in [0, 0.1) is 34.5 Å². The van der Waals surface area contributed by atoms with Crippen molar-refractivity contribution < 1.29 is 10.2 Å². The Balaban J connectivity index is 1.65. The summed E-state index contributed by atoms with van der Waals surface area (Å²) < 4.78 is 0. The van der Waals surface area contributed by atoms with Crippen LogP contribution in [0.4, 0.5) is 0 Å². The van der Waals surface area contributed by atoms with Crippen molar-refractivity contribution in [3.05, 3.63) is 11.6 Å². The minimum atomic E-state index is -0.156. The van der Waals surface area contributed by atoms with Gasteiger partial charge in [-0.15, -0.1) is 0 Å². The zero-order valence-corrected chi connectivity index (χ0v) is 15.1. The van der Waals surface area contributed by atoms with Gasteiger partial charge in [-0.3, -0.25) is 0 Å². The smallest absolute Gasteiger partial charge is 0.0577 e. The molecule has 4 rings (SSSR count). The van der Waals surface area contributed by atoms with Gasteiger partial charge in [0.1, 0.15) is 0 Å². The number of fused-ring (bicyclic) bond motifs is 5. The van der Waals surface area contributed by atoms with E-state index in [1.165, 1.54) is 38.5 Å². The Morgan fingerprint density at radius 1 is 1.09 bits per heavy atom. The van der Waals surface area contributed by atoms with Crippen LogP contribution >= 0.6 is 0 Å². The third kappa shape index (κ3) is 2.20. The summed E-state index contributed by atoms with van der Waals surface area (Å²) >= 11 is 0. The van der Waals surface area contributed by atoms with E-state index in [1.807, 2.05) is 6.92 Å². The van der Waals surface area contributed by atoms with Crippen LogP contribution in [0.1, 0.15) is 72.1 Å². The van der Waals surface area contributed by atoms with Gasteiger partial charge in [0.25, 0.3) is 0 Å². The molecular weight excluding hydrogens is 284 g/mol. The summed E-state index contributed by atoms with van der Waals surface area (Å²) in [6, 6.07) is 0. The van der Waals surface area contributed by atoms with E-state index in [0.717, 1.165) is 30.6 Å². The highest BCUT2D eigenvalue weighted by atomic mass is 16.3. The van der Waals surface area contributed by atoms with Gasteiger partial charge in [-0.05, 0) is 92.8 Å². The predicted molar refractivity (Wildman–Crippen MR) is 92.9 cm³/mol. The van der Waals surface area contributed by atoms with Gasteiger partial charge in [-0.25, -0.2) is 0 Å². The first kappa shape index (κ1) is 16.1. The van der Waals surface area contributed by atoms with Crippen LogP contribution in [-0.4, -0.2) is 22.4 Å². The lowest BCUT2D eigenvalue weighted by Gasteiger charge is -2.58. The molecule has 0 aromatic heterocycles. The Morgan fingerprint density at radius 2 is 1.87 bits per heavy atom. The molecule has 0 bridgehead atoms. The van der Waals surface area contributed by atoms with E-state index in [1.54, 1.807) is 5.57 Å². The maximum atomic E-state index is 10.3. The maximum absolute atomic E-state index is 10.3. The third-order valence-electron chi connectivity index (χ3n) is 8.73. The van der Waals surface area contributed by atoms with Gasteiger partial charge in [0.2, 0.25) is 0 Å². The third-order valence-corrected chi connectivity index (χ3v) is 8.73. The van der Waals surface area contributed by atoms with E-state index < -0.39 is 0 Å². The second-order valence-corrected chi connectivity index (χ2v) is 9.62. The Labute approximate surface area is 141 Å². The summed E-state index contributed by atoms with van der Waals surface area (Å²) in [4.78, 5) is 0. The highest BCUT2D eigenvalue weighted by molar-refractivity contribution is 5.25. The maximum Gasteiger partial charge on any atom is 0.0577 e. The van der Waals surface area contributed by atoms with Crippen LogP contribution in [0.3, 0.4) is 0 Å². The fourth-order valence-electron chi connectivity index (χ4n) is 7.47. The minimum absolute atomic E-state index is 0.106. The molecule has 3 fully saturated rings. The molecule has 130 valence electrons. The van der Waals surface area contributed by atoms with Crippen molar-refractivity contribution in [3.8, 4) is 0 Å². The van der Waals surface area contributed by atoms with Gasteiger partial charge >= 0.3 is 0 Å². The van der Waals surface area contributed by atoms with Crippen molar-refractivity contribution in [3.63, 3.8) is 0 Å². The molecule has 2 N–H and O–H groups in total. The quantitative estimate of drug-likeness (QED) is 0.707. The number of aliphatic hydroxyl groups is 2.